The van der Waals surface area contributed by atoms with Gasteiger partial charge in [0.1, 0.15) is 12.5 Å². The van der Waals surface area contributed by atoms with Crippen LogP contribution in [0.5, 0.6) is 0 Å². The Morgan fingerprint density at radius 3 is 2.28 bits per heavy atom. The van der Waals surface area contributed by atoms with Crippen LogP contribution in [-0.2, 0) is 17.6 Å². The number of nitrogens with zero attached hydrogens (tertiary/aromatic N) is 2. The number of rotatable bonds is 10. The minimum atomic E-state index is -0.550. The van der Waals surface area contributed by atoms with Crippen LogP contribution in [-0.4, -0.2) is 29.1 Å². The monoisotopic (exact) mass is 435 g/mol. The highest BCUT2D eigenvalue weighted by Crippen LogP contribution is 2.25. The van der Waals surface area contributed by atoms with E-state index in [1.165, 1.54) is 0 Å². The van der Waals surface area contributed by atoms with Crippen molar-refractivity contribution in [1.29, 1.82) is 0 Å². The van der Waals surface area contributed by atoms with Crippen molar-refractivity contribution < 1.29 is 13.7 Å². The average Bonchev–Trinajstić information content (AvgIpc) is 3.18. The van der Waals surface area contributed by atoms with Crippen molar-refractivity contribution in [1.82, 2.24) is 10.1 Å². The molecule has 1 atom stereocenters. The number of hydrogen-bond acceptors (Lipinski definition) is 5. The summed E-state index contributed by atoms with van der Waals surface area (Å²) in [5.74, 6) is 0.181. The molecule has 152 valence electrons. The first kappa shape index (κ1) is 21.3. The van der Waals surface area contributed by atoms with Crippen LogP contribution in [0.25, 0.3) is 0 Å². The van der Waals surface area contributed by atoms with Crippen LogP contribution in [0.1, 0.15) is 29.3 Å². The minimum absolute atomic E-state index is 0.0503. The van der Waals surface area contributed by atoms with Gasteiger partial charge in [0.2, 0.25) is 0 Å². The van der Waals surface area contributed by atoms with Gasteiger partial charge in [-0.15, -0.1) is 0 Å². The minimum Gasteiger partial charge on any atom is -0.335 e. The van der Waals surface area contributed by atoms with E-state index in [9.17, 15) is 9.18 Å². The van der Waals surface area contributed by atoms with Crippen LogP contribution in [0.15, 0.2) is 53.1 Å². The number of hydrogen-bond donors (Lipinski definition) is 1. The molecule has 0 amide bonds. The van der Waals surface area contributed by atoms with Gasteiger partial charge in [0.25, 0.3) is 0 Å². The van der Waals surface area contributed by atoms with E-state index in [1.54, 1.807) is 24.3 Å². The average molecular weight is 436 g/mol. The van der Waals surface area contributed by atoms with Gasteiger partial charge in [0.15, 0.2) is 5.82 Å². The molecule has 29 heavy (non-hydrogen) atoms. The third-order valence-corrected chi connectivity index (χ3v) is 4.87. The van der Waals surface area contributed by atoms with Crippen molar-refractivity contribution in [2.75, 3.05) is 18.5 Å². The maximum atomic E-state index is 12.7. The third-order valence-electron chi connectivity index (χ3n) is 4.36. The molecule has 0 spiro atoms. The molecule has 1 aromatic heterocycles. The smallest absolute Gasteiger partial charge is 0.321 e. The van der Waals surface area contributed by atoms with Crippen LogP contribution in [0.3, 0.4) is 0 Å². The highest BCUT2D eigenvalue weighted by molar-refractivity contribution is 6.30. The van der Waals surface area contributed by atoms with Crippen LogP contribution >= 0.6 is 23.2 Å². The Morgan fingerprint density at radius 1 is 1.03 bits per heavy atom. The second-order valence-electron chi connectivity index (χ2n) is 6.65. The third kappa shape index (κ3) is 6.54. The Bertz CT molecular complexity index is 930. The van der Waals surface area contributed by atoms with Crippen LogP contribution in [0, 0.1) is 0 Å². The van der Waals surface area contributed by atoms with Crippen molar-refractivity contribution in [3.05, 3.63) is 75.5 Å². The molecular weight excluding hydrogens is 416 g/mol. The van der Waals surface area contributed by atoms with Crippen molar-refractivity contribution in [2.45, 2.75) is 25.2 Å². The lowest BCUT2D eigenvalue weighted by molar-refractivity contribution is -0.118. The summed E-state index contributed by atoms with van der Waals surface area (Å²) >= 11 is 11.9. The topological polar surface area (TPSA) is 68.0 Å². The first-order valence-corrected chi connectivity index (χ1v) is 9.93. The lowest BCUT2D eigenvalue weighted by Crippen LogP contribution is -2.13. The fourth-order valence-electron chi connectivity index (χ4n) is 2.96. The van der Waals surface area contributed by atoms with Crippen molar-refractivity contribution in [3.8, 4) is 0 Å². The molecule has 0 aliphatic heterocycles. The SMILES string of the molecule is O=C(Cc1ccc(Cl)cc1)C[C@@H](Cc1ccc(Cl)cc1)c1noc(NCCF)n1. The molecule has 0 aliphatic carbocycles. The maximum absolute atomic E-state index is 12.7. The van der Waals surface area contributed by atoms with Crippen LogP contribution in [0.2, 0.25) is 10.0 Å². The molecule has 1 heterocycles. The molecule has 0 saturated carbocycles. The molecule has 3 rings (SSSR count). The molecule has 2 aromatic carbocycles. The maximum Gasteiger partial charge on any atom is 0.321 e. The molecule has 0 bridgehead atoms. The zero-order valence-corrected chi connectivity index (χ0v) is 17.1. The molecule has 0 fully saturated rings. The number of benzene rings is 2. The van der Waals surface area contributed by atoms with Crippen molar-refractivity contribution >= 4 is 35.0 Å². The van der Waals surface area contributed by atoms with E-state index in [4.69, 9.17) is 27.7 Å². The largest absolute Gasteiger partial charge is 0.335 e. The lowest BCUT2D eigenvalue weighted by Gasteiger charge is -2.13. The summed E-state index contributed by atoms with van der Waals surface area (Å²) in [6.45, 7) is -0.468. The van der Waals surface area contributed by atoms with Gasteiger partial charge in [-0.25, -0.2) is 4.39 Å². The molecular formula is C21H20Cl2FN3O2. The van der Waals surface area contributed by atoms with Gasteiger partial charge < -0.3 is 9.84 Å². The summed E-state index contributed by atoms with van der Waals surface area (Å²) < 4.78 is 17.5. The number of carbonyl (C=O) groups excluding carboxylic acids is 1. The van der Waals surface area contributed by atoms with Gasteiger partial charge in [-0.3, -0.25) is 4.79 Å². The Morgan fingerprint density at radius 2 is 1.66 bits per heavy atom. The standard InChI is InChI=1S/C21H20Cl2FN3O2/c22-17-5-1-14(2-6-17)11-16(20-26-21(29-27-20)25-10-9-24)13-19(28)12-15-3-7-18(23)8-4-15/h1-8,16H,9-13H2,(H,25,26,27)/t16-/m1/s1. The number of carbonyl (C=O) groups is 1. The Kier molecular flexibility index (Phi) is 7.61. The van der Waals surface area contributed by atoms with E-state index in [0.717, 1.165) is 11.1 Å². The Hall–Kier alpha value is -2.44. The number of anilines is 1. The number of nitrogens with one attached hydrogen (secondary N) is 1. The Balaban J connectivity index is 1.74. The summed E-state index contributed by atoms with van der Waals surface area (Å²) in [5, 5.41) is 7.96. The number of alkyl halides is 1. The molecule has 0 aliphatic rings. The van der Waals surface area contributed by atoms with Gasteiger partial charge in [0.05, 0.1) is 0 Å². The summed E-state index contributed by atoms with van der Waals surface area (Å²) in [6, 6.07) is 14.7. The van der Waals surface area contributed by atoms with Crippen LogP contribution in [0.4, 0.5) is 10.4 Å². The predicted molar refractivity (Wildman–Crippen MR) is 111 cm³/mol. The molecule has 0 unspecified atom stereocenters. The van der Waals surface area contributed by atoms with Gasteiger partial charge in [-0.2, -0.15) is 4.98 Å². The number of Topliss-reactive ketones (excluding diaryl/α,β-unsaturated/α-hetero) is 1. The predicted octanol–water partition coefficient (Wildman–Crippen LogP) is 5.29. The molecule has 0 saturated heterocycles. The molecule has 3 aromatic rings. The van der Waals surface area contributed by atoms with Gasteiger partial charge in [-0.1, -0.05) is 52.6 Å². The fourth-order valence-corrected chi connectivity index (χ4v) is 3.22. The molecule has 0 radical (unpaired) electrons. The second-order valence-corrected chi connectivity index (χ2v) is 7.52. The first-order chi connectivity index (χ1) is 14.0. The normalized spacial score (nSPS) is 12.0. The molecule has 8 heteroatoms. The second kappa shape index (κ2) is 10.4. The zero-order valence-electron chi connectivity index (χ0n) is 15.6. The molecule has 1 N–H and O–H groups in total. The first-order valence-electron chi connectivity index (χ1n) is 9.17. The summed E-state index contributed by atoms with van der Waals surface area (Å²) in [5.41, 5.74) is 1.89. The number of halogens is 3. The highest BCUT2D eigenvalue weighted by Gasteiger charge is 2.22. The van der Waals surface area contributed by atoms with Crippen molar-refractivity contribution in [2.24, 2.45) is 0 Å². The van der Waals surface area contributed by atoms with Gasteiger partial charge in [0, 0.05) is 35.3 Å². The Labute approximate surface area is 178 Å². The summed E-state index contributed by atoms with van der Waals surface area (Å²) in [7, 11) is 0. The summed E-state index contributed by atoms with van der Waals surface area (Å²) in [4.78, 5) is 17.0. The van der Waals surface area contributed by atoms with E-state index in [2.05, 4.69) is 15.5 Å². The van der Waals surface area contributed by atoms with E-state index < -0.39 is 6.67 Å². The summed E-state index contributed by atoms with van der Waals surface area (Å²) in [6.07, 6.45) is 1.08. The molecule has 5 nitrogen and oxygen atoms in total. The number of ketones is 1. The fraction of sp³-hybridized carbons (Fsp3) is 0.286. The lowest BCUT2D eigenvalue weighted by atomic mass is 9.91. The van der Waals surface area contributed by atoms with Crippen molar-refractivity contribution in [3.63, 3.8) is 0 Å². The van der Waals surface area contributed by atoms with E-state index >= 15 is 0 Å². The van der Waals surface area contributed by atoms with Gasteiger partial charge >= 0.3 is 6.01 Å². The zero-order chi connectivity index (χ0) is 20.6. The van der Waals surface area contributed by atoms with E-state index in [0.29, 0.717) is 28.7 Å². The van der Waals surface area contributed by atoms with Gasteiger partial charge in [-0.05, 0) is 41.8 Å². The van der Waals surface area contributed by atoms with E-state index in [-0.39, 0.29) is 30.7 Å². The highest BCUT2D eigenvalue weighted by atomic mass is 35.5. The van der Waals surface area contributed by atoms with E-state index in [1.807, 2.05) is 24.3 Å². The van der Waals surface area contributed by atoms with Crippen LogP contribution < -0.4 is 5.32 Å². The quantitative estimate of drug-likeness (QED) is 0.468. The number of aromatic nitrogens is 2.